The SMILES string of the molecule is CCCn1c(CCCc2ccc(OC)cc2)cn(Cc2ccc(C)c(C)c2)c1=O. The van der Waals surface area contributed by atoms with Crippen LogP contribution in [0.5, 0.6) is 5.75 Å². The standard InChI is InChI=1S/C25H32N2O2/c1-5-15-27-23(8-6-7-21-11-13-24(29-4)14-12-21)18-26(25(27)28)17-22-10-9-19(2)20(3)16-22/h9-14,16,18H,5-8,15,17H2,1-4H3. The Morgan fingerprint density at radius 3 is 2.31 bits per heavy atom. The zero-order valence-corrected chi connectivity index (χ0v) is 18.1. The maximum Gasteiger partial charge on any atom is 0.328 e. The first-order chi connectivity index (χ1) is 14.0. The molecule has 0 saturated heterocycles. The van der Waals surface area contributed by atoms with E-state index >= 15 is 0 Å². The van der Waals surface area contributed by atoms with Crippen molar-refractivity contribution in [3.63, 3.8) is 0 Å². The summed E-state index contributed by atoms with van der Waals surface area (Å²) in [5, 5.41) is 0. The molecule has 29 heavy (non-hydrogen) atoms. The smallest absolute Gasteiger partial charge is 0.328 e. The molecule has 2 aromatic carbocycles. The quantitative estimate of drug-likeness (QED) is 0.519. The molecule has 1 aromatic heterocycles. The molecule has 0 atom stereocenters. The molecule has 0 aliphatic heterocycles. The molecule has 0 aliphatic rings. The summed E-state index contributed by atoms with van der Waals surface area (Å²) in [6, 6.07) is 14.7. The number of rotatable bonds is 9. The highest BCUT2D eigenvalue weighted by Crippen LogP contribution is 2.15. The zero-order valence-electron chi connectivity index (χ0n) is 18.1. The van der Waals surface area contributed by atoms with Crippen LogP contribution in [-0.2, 0) is 25.9 Å². The average Bonchev–Trinajstić information content (AvgIpc) is 3.01. The number of methoxy groups -OCH3 is 1. The predicted molar refractivity (Wildman–Crippen MR) is 119 cm³/mol. The van der Waals surface area contributed by atoms with Crippen molar-refractivity contribution in [2.75, 3.05) is 7.11 Å². The first-order valence-electron chi connectivity index (χ1n) is 10.5. The van der Waals surface area contributed by atoms with Crippen molar-refractivity contribution in [3.8, 4) is 5.75 Å². The Labute approximate surface area is 173 Å². The van der Waals surface area contributed by atoms with Crippen LogP contribution >= 0.6 is 0 Å². The van der Waals surface area contributed by atoms with Crippen molar-refractivity contribution in [2.45, 2.75) is 59.5 Å². The summed E-state index contributed by atoms with van der Waals surface area (Å²) in [7, 11) is 1.69. The van der Waals surface area contributed by atoms with E-state index in [1.54, 1.807) is 7.11 Å². The van der Waals surface area contributed by atoms with Gasteiger partial charge in [-0.05, 0) is 73.9 Å². The molecule has 0 unspecified atom stereocenters. The van der Waals surface area contributed by atoms with Crippen molar-refractivity contribution in [3.05, 3.63) is 87.1 Å². The Hall–Kier alpha value is -2.75. The fraction of sp³-hybridized carbons (Fsp3) is 0.400. The fourth-order valence-corrected chi connectivity index (χ4v) is 3.72. The van der Waals surface area contributed by atoms with Crippen LogP contribution in [0.3, 0.4) is 0 Å². The van der Waals surface area contributed by atoms with Crippen LogP contribution < -0.4 is 10.4 Å². The third-order valence-electron chi connectivity index (χ3n) is 5.56. The second kappa shape index (κ2) is 9.64. The minimum Gasteiger partial charge on any atom is -0.497 e. The van der Waals surface area contributed by atoms with Gasteiger partial charge in [0.05, 0.1) is 13.7 Å². The third-order valence-corrected chi connectivity index (χ3v) is 5.56. The van der Waals surface area contributed by atoms with Crippen LogP contribution in [0.1, 0.15) is 47.7 Å². The third kappa shape index (κ3) is 5.20. The summed E-state index contributed by atoms with van der Waals surface area (Å²) < 4.78 is 9.04. The molecule has 0 spiro atoms. The van der Waals surface area contributed by atoms with Crippen molar-refractivity contribution in [1.82, 2.24) is 9.13 Å². The summed E-state index contributed by atoms with van der Waals surface area (Å²) >= 11 is 0. The van der Waals surface area contributed by atoms with E-state index < -0.39 is 0 Å². The van der Waals surface area contributed by atoms with E-state index in [1.807, 2.05) is 21.3 Å². The van der Waals surface area contributed by atoms with E-state index in [-0.39, 0.29) is 5.69 Å². The number of nitrogens with zero attached hydrogens (tertiary/aromatic N) is 2. The van der Waals surface area contributed by atoms with Gasteiger partial charge >= 0.3 is 5.69 Å². The van der Waals surface area contributed by atoms with Crippen molar-refractivity contribution in [2.24, 2.45) is 0 Å². The predicted octanol–water partition coefficient (Wildman–Crippen LogP) is 4.91. The van der Waals surface area contributed by atoms with Crippen LogP contribution in [0.4, 0.5) is 0 Å². The van der Waals surface area contributed by atoms with Gasteiger partial charge in [-0.2, -0.15) is 0 Å². The van der Waals surface area contributed by atoms with E-state index in [0.29, 0.717) is 6.54 Å². The van der Waals surface area contributed by atoms with Crippen molar-refractivity contribution >= 4 is 0 Å². The summed E-state index contributed by atoms with van der Waals surface area (Å²) in [6.45, 7) is 7.76. The van der Waals surface area contributed by atoms with E-state index in [4.69, 9.17) is 4.74 Å². The van der Waals surface area contributed by atoms with E-state index in [2.05, 4.69) is 57.3 Å². The monoisotopic (exact) mass is 392 g/mol. The minimum absolute atomic E-state index is 0.101. The number of aryl methyl sites for hydroxylation is 4. The van der Waals surface area contributed by atoms with Gasteiger partial charge in [0.2, 0.25) is 0 Å². The molecule has 0 fully saturated rings. The Balaban J connectivity index is 1.72. The lowest BCUT2D eigenvalue weighted by molar-refractivity contribution is 0.414. The average molecular weight is 393 g/mol. The number of benzene rings is 2. The van der Waals surface area contributed by atoms with Gasteiger partial charge in [0.1, 0.15) is 5.75 Å². The normalized spacial score (nSPS) is 11.0. The molecule has 0 bridgehead atoms. The van der Waals surface area contributed by atoms with Crippen LogP contribution in [0.15, 0.2) is 53.5 Å². The largest absolute Gasteiger partial charge is 0.497 e. The van der Waals surface area contributed by atoms with E-state index in [0.717, 1.165) is 43.7 Å². The maximum atomic E-state index is 13.0. The Morgan fingerprint density at radius 2 is 1.66 bits per heavy atom. The fourth-order valence-electron chi connectivity index (χ4n) is 3.72. The molecule has 0 amide bonds. The lowest BCUT2D eigenvalue weighted by Gasteiger charge is -2.06. The van der Waals surface area contributed by atoms with Gasteiger partial charge < -0.3 is 4.74 Å². The molecule has 3 aromatic rings. The molecule has 0 saturated carbocycles. The lowest BCUT2D eigenvalue weighted by atomic mass is 10.1. The topological polar surface area (TPSA) is 36.2 Å². The molecule has 3 rings (SSSR count). The molecule has 0 aliphatic carbocycles. The summed E-state index contributed by atoms with van der Waals surface area (Å²) in [6.07, 6.45) is 5.93. The highest BCUT2D eigenvalue weighted by Gasteiger charge is 2.11. The zero-order chi connectivity index (χ0) is 20.8. The molecule has 154 valence electrons. The first-order valence-corrected chi connectivity index (χ1v) is 10.5. The summed E-state index contributed by atoms with van der Waals surface area (Å²) in [5.41, 5.74) is 6.25. The number of aromatic nitrogens is 2. The van der Waals surface area contributed by atoms with Crippen LogP contribution in [0.25, 0.3) is 0 Å². The molecule has 0 N–H and O–H groups in total. The molecular formula is C25H32N2O2. The Kier molecular flexibility index (Phi) is 6.97. The molecule has 4 heteroatoms. The van der Waals surface area contributed by atoms with Gasteiger partial charge in [0.25, 0.3) is 0 Å². The maximum absolute atomic E-state index is 13.0. The Morgan fingerprint density at radius 1 is 0.931 bits per heavy atom. The van der Waals surface area contributed by atoms with E-state index in [9.17, 15) is 4.79 Å². The second-order valence-corrected chi connectivity index (χ2v) is 7.80. The van der Waals surface area contributed by atoms with Crippen molar-refractivity contribution in [1.29, 1.82) is 0 Å². The minimum atomic E-state index is 0.101. The summed E-state index contributed by atoms with van der Waals surface area (Å²) in [5.74, 6) is 0.883. The van der Waals surface area contributed by atoms with Gasteiger partial charge in [-0.15, -0.1) is 0 Å². The summed E-state index contributed by atoms with van der Waals surface area (Å²) in [4.78, 5) is 13.0. The van der Waals surface area contributed by atoms with Crippen molar-refractivity contribution < 1.29 is 4.74 Å². The highest BCUT2D eigenvalue weighted by atomic mass is 16.5. The number of ether oxygens (including phenoxy) is 1. The number of imidazole rings is 1. The lowest BCUT2D eigenvalue weighted by Crippen LogP contribution is -2.25. The number of hydrogen-bond donors (Lipinski definition) is 0. The molecule has 0 radical (unpaired) electrons. The highest BCUT2D eigenvalue weighted by molar-refractivity contribution is 5.30. The van der Waals surface area contributed by atoms with Crippen LogP contribution in [-0.4, -0.2) is 16.2 Å². The Bertz CT molecular complexity index is 997. The van der Waals surface area contributed by atoms with Crippen LogP contribution in [0, 0.1) is 13.8 Å². The molecule has 1 heterocycles. The first kappa shape index (κ1) is 21.0. The van der Waals surface area contributed by atoms with E-state index in [1.165, 1.54) is 22.3 Å². The van der Waals surface area contributed by atoms with Gasteiger partial charge in [-0.3, -0.25) is 9.13 Å². The van der Waals surface area contributed by atoms with Gasteiger partial charge in [-0.25, -0.2) is 4.79 Å². The number of hydrogen-bond acceptors (Lipinski definition) is 2. The molecular weight excluding hydrogens is 360 g/mol. The van der Waals surface area contributed by atoms with Gasteiger partial charge in [-0.1, -0.05) is 37.3 Å². The van der Waals surface area contributed by atoms with Crippen LogP contribution in [0.2, 0.25) is 0 Å². The van der Waals surface area contributed by atoms with Gasteiger partial charge in [0, 0.05) is 18.4 Å². The van der Waals surface area contributed by atoms with Gasteiger partial charge in [0.15, 0.2) is 0 Å². The second-order valence-electron chi connectivity index (χ2n) is 7.80. The molecule has 4 nitrogen and oxygen atoms in total.